The van der Waals surface area contributed by atoms with Crippen LogP contribution in [0.15, 0.2) is 48.5 Å². The normalized spacial score (nSPS) is 22.1. The fourth-order valence-corrected chi connectivity index (χ4v) is 5.19. The van der Waals surface area contributed by atoms with Gasteiger partial charge in [-0.3, -0.25) is 4.79 Å². The molecule has 184 valence electrons. The molecule has 8 heteroatoms. The number of likely N-dealkylation sites (tertiary alicyclic amines) is 1. The Hall–Kier alpha value is -2.12. The Bertz CT molecular complexity index is 1030. The number of esters is 1. The Balaban J connectivity index is 2.19. The molecule has 0 aliphatic carbocycles. The van der Waals surface area contributed by atoms with Gasteiger partial charge in [0.15, 0.2) is 6.54 Å². The number of carbonyl (C=O) groups is 2. The minimum atomic E-state index is -0.644. The van der Waals surface area contributed by atoms with Gasteiger partial charge in [-0.1, -0.05) is 59.6 Å². The van der Waals surface area contributed by atoms with Crippen molar-refractivity contribution in [2.45, 2.75) is 57.9 Å². The zero-order valence-corrected chi connectivity index (χ0v) is 21.6. The number of hydrogen-bond donors (Lipinski definition) is 2. The van der Waals surface area contributed by atoms with Crippen molar-refractivity contribution in [2.75, 3.05) is 19.6 Å². The van der Waals surface area contributed by atoms with Gasteiger partial charge in [0.1, 0.15) is 30.3 Å². The molecule has 2 aromatic rings. The summed E-state index contributed by atoms with van der Waals surface area (Å²) in [6.45, 7) is 7.88. The summed E-state index contributed by atoms with van der Waals surface area (Å²) in [5.74, 6) is -0.560. The lowest BCUT2D eigenvalue weighted by molar-refractivity contribution is -0.943. The maximum atomic E-state index is 13.1. The van der Waals surface area contributed by atoms with Crippen LogP contribution in [0.1, 0.15) is 57.3 Å². The van der Waals surface area contributed by atoms with Crippen LogP contribution in [0.25, 0.3) is 0 Å². The van der Waals surface area contributed by atoms with Crippen LogP contribution in [-0.2, 0) is 14.3 Å². The molecule has 3 rings (SSSR count). The fourth-order valence-electron chi connectivity index (χ4n) is 4.88. The standard InChI is InChI=1S/C26H32Cl2N2O4/c1-17(31)29-24(18-8-6-5-7-9-18)25(19-10-11-21(27)22(28)14-19)30(13-12-20(32)15-30)16-23(33)34-26(2,3)4/h5-11,14,20,24-25,32H,12-13,15-16H2,1-4H3/p+1/t20-,24-,25?,30?/m0/s1. The van der Waals surface area contributed by atoms with Crippen molar-refractivity contribution in [3.05, 3.63) is 69.7 Å². The number of nitrogens with zero attached hydrogens (tertiary/aromatic N) is 1. The van der Waals surface area contributed by atoms with Crippen molar-refractivity contribution in [3.63, 3.8) is 0 Å². The van der Waals surface area contributed by atoms with E-state index >= 15 is 0 Å². The lowest BCUT2D eigenvalue weighted by Crippen LogP contribution is -2.56. The van der Waals surface area contributed by atoms with Crippen LogP contribution in [0.3, 0.4) is 0 Å². The second-order valence-electron chi connectivity index (χ2n) is 10.0. The highest BCUT2D eigenvalue weighted by Gasteiger charge is 2.50. The van der Waals surface area contributed by atoms with Crippen molar-refractivity contribution < 1.29 is 23.9 Å². The topological polar surface area (TPSA) is 75.6 Å². The number of amides is 1. The number of benzene rings is 2. The predicted octanol–water partition coefficient (Wildman–Crippen LogP) is 4.84. The number of nitrogens with one attached hydrogen (secondary N) is 1. The van der Waals surface area contributed by atoms with Crippen molar-refractivity contribution in [3.8, 4) is 0 Å². The van der Waals surface area contributed by atoms with E-state index in [9.17, 15) is 14.7 Å². The van der Waals surface area contributed by atoms with Gasteiger partial charge in [-0.25, -0.2) is 4.79 Å². The Labute approximate surface area is 211 Å². The average molecular weight is 508 g/mol. The van der Waals surface area contributed by atoms with E-state index in [0.29, 0.717) is 29.6 Å². The van der Waals surface area contributed by atoms with Gasteiger partial charge in [0.05, 0.1) is 16.6 Å². The number of halogens is 2. The van der Waals surface area contributed by atoms with E-state index in [2.05, 4.69) is 5.32 Å². The lowest BCUT2D eigenvalue weighted by atomic mass is 9.89. The molecule has 1 aliphatic heterocycles. The van der Waals surface area contributed by atoms with E-state index in [0.717, 1.165) is 11.1 Å². The number of quaternary nitrogens is 1. The Kier molecular flexibility index (Phi) is 8.30. The molecular weight excluding hydrogens is 475 g/mol. The molecule has 2 N–H and O–H groups in total. The minimum Gasteiger partial charge on any atom is -0.456 e. The van der Waals surface area contributed by atoms with E-state index in [4.69, 9.17) is 27.9 Å². The molecule has 0 radical (unpaired) electrons. The van der Waals surface area contributed by atoms with Crippen molar-refractivity contribution >= 4 is 35.1 Å². The highest BCUT2D eigenvalue weighted by Crippen LogP contribution is 2.44. The smallest absolute Gasteiger partial charge is 0.362 e. The monoisotopic (exact) mass is 507 g/mol. The van der Waals surface area contributed by atoms with Crippen LogP contribution in [0, 0.1) is 0 Å². The van der Waals surface area contributed by atoms with Gasteiger partial charge in [0, 0.05) is 18.9 Å². The maximum Gasteiger partial charge on any atom is 0.362 e. The highest BCUT2D eigenvalue weighted by molar-refractivity contribution is 6.42. The molecule has 0 bridgehead atoms. The summed E-state index contributed by atoms with van der Waals surface area (Å²) in [5.41, 5.74) is 1.06. The van der Waals surface area contributed by atoms with Gasteiger partial charge < -0.3 is 19.6 Å². The van der Waals surface area contributed by atoms with E-state index in [1.54, 1.807) is 12.1 Å². The predicted molar refractivity (Wildman–Crippen MR) is 134 cm³/mol. The van der Waals surface area contributed by atoms with Crippen molar-refractivity contribution in [1.82, 2.24) is 5.32 Å². The first kappa shape index (κ1) is 26.5. The second kappa shape index (κ2) is 10.6. The third-order valence-electron chi connectivity index (χ3n) is 6.05. The molecule has 1 amide bonds. The first-order valence-electron chi connectivity index (χ1n) is 11.4. The van der Waals surface area contributed by atoms with Gasteiger partial charge >= 0.3 is 5.97 Å². The average Bonchev–Trinajstić information content (AvgIpc) is 3.09. The van der Waals surface area contributed by atoms with E-state index in [-0.39, 0.29) is 22.9 Å². The number of rotatable bonds is 7. The summed E-state index contributed by atoms with van der Waals surface area (Å²) in [5, 5.41) is 14.5. The van der Waals surface area contributed by atoms with Crippen molar-refractivity contribution in [1.29, 1.82) is 0 Å². The molecule has 1 fully saturated rings. The lowest BCUT2D eigenvalue weighted by Gasteiger charge is -2.45. The summed E-state index contributed by atoms with van der Waals surface area (Å²) in [6, 6.07) is 14.1. The Morgan fingerprint density at radius 1 is 1.12 bits per heavy atom. The van der Waals surface area contributed by atoms with E-state index in [1.807, 2.05) is 57.2 Å². The molecule has 1 saturated heterocycles. The van der Waals surface area contributed by atoms with Crippen LogP contribution >= 0.6 is 23.2 Å². The molecule has 4 atom stereocenters. The van der Waals surface area contributed by atoms with Gasteiger partial charge in [-0.15, -0.1) is 0 Å². The second-order valence-corrected chi connectivity index (χ2v) is 10.8. The largest absolute Gasteiger partial charge is 0.456 e. The molecule has 2 unspecified atom stereocenters. The molecule has 0 saturated carbocycles. The molecule has 0 spiro atoms. The van der Waals surface area contributed by atoms with Gasteiger partial charge in [0.25, 0.3) is 0 Å². The number of hydrogen-bond acceptors (Lipinski definition) is 4. The highest BCUT2D eigenvalue weighted by atomic mass is 35.5. The third-order valence-corrected chi connectivity index (χ3v) is 6.79. The number of carbonyl (C=O) groups excluding carboxylic acids is 2. The zero-order valence-electron chi connectivity index (χ0n) is 20.1. The van der Waals surface area contributed by atoms with Crippen LogP contribution in [0.5, 0.6) is 0 Å². The third kappa shape index (κ3) is 6.51. The van der Waals surface area contributed by atoms with Crippen molar-refractivity contribution in [2.24, 2.45) is 0 Å². The summed E-state index contributed by atoms with van der Waals surface area (Å²) in [7, 11) is 0. The molecule has 1 heterocycles. The summed E-state index contributed by atoms with van der Waals surface area (Å²) in [6.07, 6.45) is -0.0520. The maximum absolute atomic E-state index is 13.1. The Morgan fingerprint density at radius 3 is 2.32 bits per heavy atom. The summed E-state index contributed by atoms with van der Waals surface area (Å²) < 4.78 is 5.90. The quantitative estimate of drug-likeness (QED) is 0.415. The van der Waals surface area contributed by atoms with Gasteiger partial charge in [0.2, 0.25) is 5.91 Å². The van der Waals surface area contributed by atoms with Gasteiger partial charge in [-0.2, -0.15) is 0 Å². The minimum absolute atomic E-state index is 0.0438. The summed E-state index contributed by atoms with van der Waals surface area (Å²) >= 11 is 12.6. The molecule has 2 aromatic carbocycles. The number of aliphatic hydroxyl groups excluding tert-OH is 1. The number of ether oxygens (including phenoxy) is 1. The number of aliphatic hydroxyl groups is 1. The van der Waals surface area contributed by atoms with E-state index < -0.39 is 23.8 Å². The SMILES string of the molecule is CC(=O)N[C@@H](c1ccccc1)C(c1ccc(Cl)c(Cl)c1)[N+]1(CC(=O)OC(C)(C)C)CC[C@H](O)C1. The van der Waals surface area contributed by atoms with Crippen LogP contribution in [0.2, 0.25) is 10.0 Å². The molecule has 6 nitrogen and oxygen atoms in total. The zero-order chi connectivity index (χ0) is 25.1. The first-order valence-corrected chi connectivity index (χ1v) is 12.2. The van der Waals surface area contributed by atoms with Crippen LogP contribution in [-0.4, -0.2) is 52.8 Å². The van der Waals surface area contributed by atoms with E-state index in [1.165, 1.54) is 6.92 Å². The summed E-state index contributed by atoms with van der Waals surface area (Å²) in [4.78, 5) is 25.5. The van der Waals surface area contributed by atoms with Crippen LogP contribution < -0.4 is 5.32 Å². The molecule has 0 aromatic heterocycles. The Morgan fingerprint density at radius 2 is 1.79 bits per heavy atom. The fraction of sp³-hybridized carbons (Fsp3) is 0.462. The van der Waals surface area contributed by atoms with Crippen LogP contribution in [0.4, 0.5) is 0 Å². The first-order chi connectivity index (χ1) is 15.9. The molecule has 1 aliphatic rings. The van der Waals surface area contributed by atoms with Gasteiger partial charge in [-0.05, 0) is 38.5 Å². The molecule has 34 heavy (non-hydrogen) atoms. The molecular formula is C26H33Cl2N2O4+.